The summed E-state index contributed by atoms with van der Waals surface area (Å²) in [7, 11) is 0. The van der Waals surface area contributed by atoms with Gasteiger partial charge in [0.05, 0.1) is 25.1 Å². The summed E-state index contributed by atoms with van der Waals surface area (Å²) in [5.74, 6) is 0.266. The molecule has 112 valence electrons. The summed E-state index contributed by atoms with van der Waals surface area (Å²) in [5, 5.41) is 30.7. The van der Waals surface area contributed by atoms with Crippen molar-refractivity contribution >= 4 is 17.0 Å². The molecule has 0 unspecified atom stereocenters. The summed E-state index contributed by atoms with van der Waals surface area (Å²) in [5.41, 5.74) is 4.80. The Morgan fingerprint density at radius 1 is 1.43 bits per heavy atom. The monoisotopic (exact) mass is 291 g/mol. The molecule has 0 aromatic carbocycles. The fourth-order valence-electron chi connectivity index (χ4n) is 4.06. The van der Waals surface area contributed by atoms with Crippen LogP contribution in [0.5, 0.6) is 0 Å². The van der Waals surface area contributed by atoms with Crippen LogP contribution in [0.3, 0.4) is 0 Å². The standard InChI is InChI=1S/C13H17N5O3/c1-12(21)8(6-2-13(6,3-19)11(12)20)18-5-17-7-9(14)15-4-16-10(7)18/h4-6,8,11,19-21H,2-3H2,1H3,(H2,14,15,16)/t6-,8-,11+,12+,13+/m1/s1. The molecule has 2 fully saturated rings. The third-order valence-electron chi connectivity index (χ3n) is 5.24. The average molecular weight is 291 g/mol. The van der Waals surface area contributed by atoms with Gasteiger partial charge in [-0.25, -0.2) is 15.0 Å². The van der Waals surface area contributed by atoms with Gasteiger partial charge >= 0.3 is 0 Å². The molecule has 2 aromatic rings. The number of aliphatic hydroxyl groups is 3. The van der Waals surface area contributed by atoms with Crippen LogP contribution in [0.15, 0.2) is 12.7 Å². The van der Waals surface area contributed by atoms with Crippen molar-refractivity contribution in [3.8, 4) is 0 Å². The Morgan fingerprint density at radius 3 is 2.86 bits per heavy atom. The molecular formula is C13H17N5O3. The van der Waals surface area contributed by atoms with Crippen molar-refractivity contribution in [1.29, 1.82) is 0 Å². The van der Waals surface area contributed by atoms with Crippen molar-refractivity contribution in [1.82, 2.24) is 19.5 Å². The van der Waals surface area contributed by atoms with Gasteiger partial charge in [-0.3, -0.25) is 0 Å². The van der Waals surface area contributed by atoms with E-state index in [1.54, 1.807) is 17.8 Å². The summed E-state index contributed by atoms with van der Waals surface area (Å²) in [6.07, 6.45) is 2.60. The Balaban J connectivity index is 1.88. The number of imidazole rings is 1. The first kappa shape index (κ1) is 12.9. The highest BCUT2D eigenvalue weighted by atomic mass is 16.3. The van der Waals surface area contributed by atoms with E-state index in [1.165, 1.54) is 6.33 Å². The van der Waals surface area contributed by atoms with Crippen molar-refractivity contribution in [2.75, 3.05) is 12.3 Å². The minimum atomic E-state index is -1.36. The lowest BCUT2D eigenvalue weighted by atomic mass is 9.89. The zero-order valence-corrected chi connectivity index (χ0v) is 11.5. The molecule has 4 rings (SSSR count). The topological polar surface area (TPSA) is 130 Å². The number of aliphatic hydroxyl groups excluding tert-OH is 2. The third-order valence-corrected chi connectivity index (χ3v) is 5.24. The van der Waals surface area contributed by atoms with Crippen molar-refractivity contribution in [3.63, 3.8) is 0 Å². The second-order valence-corrected chi connectivity index (χ2v) is 6.36. The van der Waals surface area contributed by atoms with Crippen molar-refractivity contribution in [2.45, 2.75) is 31.1 Å². The molecule has 5 N–H and O–H groups in total. The van der Waals surface area contributed by atoms with Crippen LogP contribution in [0, 0.1) is 11.3 Å². The van der Waals surface area contributed by atoms with E-state index in [-0.39, 0.29) is 18.3 Å². The van der Waals surface area contributed by atoms with E-state index >= 15 is 0 Å². The summed E-state index contributed by atoms with van der Waals surface area (Å²) >= 11 is 0. The van der Waals surface area contributed by atoms with Gasteiger partial charge < -0.3 is 25.6 Å². The summed E-state index contributed by atoms with van der Waals surface area (Å²) in [4.78, 5) is 12.3. The van der Waals surface area contributed by atoms with E-state index in [0.717, 1.165) is 0 Å². The zero-order valence-electron chi connectivity index (χ0n) is 11.5. The molecule has 0 saturated heterocycles. The Morgan fingerprint density at radius 2 is 2.19 bits per heavy atom. The first-order valence-electron chi connectivity index (χ1n) is 6.88. The van der Waals surface area contributed by atoms with Crippen LogP contribution >= 0.6 is 0 Å². The van der Waals surface area contributed by atoms with Gasteiger partial charge in [-0.15, -0.1) is 0 Å². The van der Waals surface area contributed by atoms with Crippen molar-refractivity contribution in [3.05, 3.63) is 12.7 Å². The molecular weight excluding hydrogens is 274 g/mol. The average Bonchev–Trinajstić information content (AvgIpc) is 2.96. The first-order valence-corrected chi connectivity index (χ1v) is 6.88. The predicted octanol–water partition coefficient (Wildman–Crippen LogP) is -0.926. The van der Waals surface area contributed by atoms with Crippen LogP contribution in [0.2, 0.25) is 0 Å². The Bertz CT molecular complexity index is 730. The van der Waals surface area contributed by atoms with Crippen LogP contribution in [0.25, 0.3) is 11.2 Å². The van der Waals surface area contributed by atoms with Gasteiger partial charge in [-0.2, -0.15) is 0 Å². The van der Waals surface area contributed by atoms with Gasteiger partial charge in [0.25, 0.3) is 0 Å². The molecule has 0 radical (unpaired) electrons. The summed E-state index contributed by atoms with van der Waals surface area (Å²) in [6.45, 7) is 1.44. The Kier molecular flexibility index (Phi) is 2.28. The Labute approximate surface area is 120 Å². The normalized spacial score (nSPS) is 41.4. The maximum absolute atomic E-state index is 10.7. The largest absolute Gasteiger partial charge is 0.396 e. The van der Waals surface area contributed by atoms with Gasteiger partial charge in [-0.05, 0) is 19.3 Å². The molecule has 0 bridgehead atoms. The minimum absolute atomic E-state index is 0.0129. The van der Waals surface area contributed by atoms with Crippen molar-refractivity contribution in [2.24, 2.45) is 11.3 Å². The maximum Gasteiger partial charge on any atom is 0.165 e. The van der Waals surface area contributed by atoms with E-state index in [0.29, 0.717) is 17.6 Å². The van der Waals surface area contributed by atoms with Crippen LogP contribution in [0.1, 0.15) is 19.4 Å². The number of nitrogen functional groups attached to an aromatic ring is 1. The zero-order chi connectivity index (χ0) is 15.0. The van der Waals surface area contributed by atoms with E-state index in [9.17, 15) is 15.3 Å². The van der Waals surface area contributed by atoms with Gasteiger partial charge in [0.1, 0.15) is 17.4 Å². The number of nitrogens with zero attached hydrogens (tertiary/aromatic N) is 4. The molecule has 8 heteroatoms. The lowest BCUT2D eigenvalue weighted by molar-refractivity contribution is -0.0997. The van der Waals surface area contributed by atoms with E-state index in [1.807, 2.05) is 0 Å². The van der Waals surface area contributed by atoms with Crippen LogP contribution in [-0.2, 0) is 0 Å². The maximum atomic E-state index is 10.7. The molecule has 21 heavy (non-hydrogen) atoms. The van der Waals surface area contributed by atoms with E-state index < -0.39 is 23.2 Å². The fraction of sp³-hybridized carbons (Fsp3) is 0.615. The number of hydrogen-bond acceptors (Lipinski definition) is 7. The molecule has 2 saturated carbocycles. The lowest BCUT2D eigenvalue weighted by Gasteiger charge is -2.34. The predicted molar refractivity (Wildman–Crippen MR) is 73.0 cm³/mol. The second kappa shape index (κ2) is 3.70. The Hall–Kier alpha value is -1.77. The number of nitrogens with two attached hydrogens (primary N) is 1. The molecule has 2 aromatic heterocycles. The number of hydrogen-bond donors (Lipinski definition) is 4. The number of aromatic nitrogens is 4. The van der Waals surface area contributed by atoms with E-state index in [2.05, 4.69) is 15.0 Å². The minimum Gasteiger partial charge on any atom is -0.396 e. The summed E-state index contributed by atoms with van der Waals surface area (Å²) < 4.78 is 1.74. The highest BCUT2D eigenvalue weighted by molar-refractivity contribution is 5.81. The lowest BCUT2D eigenvalue weighted by Crippen LogP contribution is -2.46. The highest BCUT2D eigenvalue weighted by Gasteiger charge is 2.75. The van der Waals surface area contributed by atoms with Gasteiger partial charge in [-0.1, -0.05) is 0 Å². The molecule has 2 aliphatic rings. The van der Waals surface area contributed by atoms with E-state index in [4.69, 9.17) is 5.73 Å². The molecule has 0 spiro atoms. The SMILES string of the molecule is C[C@]1(O)[C@H](n2cnc3c(N)ncnc32)[C@H]2C[C@@]2(CO)[C@H]1O. The number of anilines is 1. The quantitative estimate of drug-likeness (QED) is 0.562. The van der Waals surface area contributed by atoms with Crippen LogP contribution < -0.4 is 5.73 Å². The van der Waals surface area contributed by atoms with Crippen molar-refractivity contribution < 1.29 is 15.3 Å². The van der Waals surface area contributed by atoms with Gasteiger partial charge in [0.2, 0.25) is 0 Å². The van der Waals surface area contributed by atoms with Crippen LogP contribution in [0.4, 0.5) is 5.82 Å². The molecule has 5 atom stereocenters. The number of fused-ring (bicyclic) bond motifs is 2. The molecule has 0 aliphatic heterocycles. The molecule has 0 amide bonds. The first-order chi connectivity index (χ1) is 9.93. The number of rotatable bonds is 2. The molecule has 2 aliphatic carbocycles. The van der Waals surface area contributed by atoms with Crippen LogP contribution in [-0.4, -0.2) is 53.2 Å². The summed E-state index contributed by atoms with van der Waals surface area (Å²) in [6, 6.07) is -0.404. The fourth-order valence-corrected chi connectivity index (χ4v) is 4.06. The third kappa shape index (κ3) is 1.37. The highest BCUT2D eigenvalue weighted by Crippen LogP contribution is 2.70. The van der Waals surface area contributed by atoms with Gasteiger partial charge in [0.15, 0.2) is 11.5 Å². The molecule has 2 heterocycles. The second-order valence-electron chi connectivity index (χ2n) is 6.36. The van der Waals surface area contributed by atoms with Gasteiger partial charge in [0, 0.05) is 5.41 Å². The smallest absolute Gasteiger partial charge is 0.165 e. The molecule has 8 nitrogen and oxygen atoms in total.